The van der Waals surface area contributed by atoms with Crippen molar-refractivity contribution in [1.29, 1.82) is 0 Å². The summed E-state index contributed by atoms with van der Waals surface area (Å²) in [7, 11) is 0. The lowest BCUT2D eigenvalue weighted by atomic mass is 10.0. The van der Waals surface area contributed by atoms with Crippen molar-refractivity contribution in [1.82, 2.24) is 4.90 Å². The number of nitrogens with zero attached hydrogens (tertiary/aromatic N) is 1. The normalized spacial score (nSPS) is 19.5. The molecule has 1 aliphatic heterocycles. The number of hydrogen-bond donors (Lipinski definition) is 1. The first kappa shape index (κ1) is 14.0. The van der Waals surface area contributed by atoms with Crippen molar-refractivity contribution in [2.75, 3.05) is 19.7 Å². The van der Waals surface area contributed by atoms with E-state index in [1.807, 2.05) is 29.2 Å². The zero-order valence-corrected chi connectivity index (χ0v) is 11.5. The van der Waals surface area contributed by atoms with Crippen molar-refractivity contribution in [2.45, 2.75) is 32.4 Å². The Balaban J connectivity index is 2.00. The second-order valence-corrected chi connectivity index (χ2v) is 4.89. The molecule has 1 heterocycles. The summed E-state index contributed by atoms with van der Waals surface area (Å²) in [5.74, 6) is 0.169. The highest BCUT2D eigenvalue weighted by molar-refractivity contribution is 5.79. The van der Waals surface area contributed by atoms with Crippen LogP contribution in [0.25, 0.3) is 0 Å². The van der Waals surface area contributed by atoms with Gasteiger partial charge in [0.25, 0.3) is 0 Å². The van der Waals surface area contributed by atoms with Crippen LogP contribution in [-0.4, -0.2) is 36.6 Å². The van der Waals surface area contributed by atoms with E-state index in [1.165, 1.54) is 0 Å². The van der Waals surface area contributed by atoms with E-state index < -0.39 is 0 Å². The van der Waals surface area contributed by atoms with Gasteiger partial charge in [0.15, 0.2) is 0 Å². The molecule has 1 aromatic rings. The van der Waals surface area contributed by atoms with E-state index in [-0.39, 0.29) is 12.0 Å². The lowest BCUT2D eigenvalue weighted by Gasteiger charge is -2.32. The minimum atomic E-state index is 0.169. The number of ether oxygens (including phenoxy) is 1. The van der Waals surface area contributed by atoms with Gasteiger partial charge in [-0.2, -0.15) is 0 Å². The third kappa shape index (κ3) is 3.55. The van der Waals surface area contributed by atoms with Gasteiger partial charge in [-0.3, -0.25) is 4.79 Å². The summed E-state index contributed by atoms with van der Waals surface area (Å²) >= 11 is 0. The first-order chi connectivity index (χ1) is 9.24. The van der Waals surface area contributed by atoms with Gasteiger partial charge in [-0.15, -0.1) is 0 Å². The third-order valence-electron chi connectivity index (χ3n) is 3.63. The average Bonchev–Trinajstić information content (AvgIpc) is 2.47. The summed E-state index contributed by atoms with van der Waals surface area (Å²) in [6, 6.07) is 7.88. The molecule has 19 heavy (non-hydrogen) atoms. The van der Waals surface area contributed by atoms with E-state index in [4.69, 9.17) is 10.5 Å². The Bertz CT molecular complexity index is 434. The summed E-state index contributed by atoms with van der Waals surface area (Å²) in [5, 5.41) is 0. The molecule has 0 saturated carbocycles. The number of carbonyl (C=O) groups excluding carboxylic acids is 1. The van der Waals surface area contributed by atoms with Crippen LogP contribution >= 0.6 is 0 Å². The van der Waals surface area contributed by atoms with Gasteiger partial charge in [-0.25, -0.2) is 0 Å². The standard InChI is InChI=1S/C15H22N2O2/c1-2-14-11-17(7-8-19-14)15(18)9-12-5-3-4-6-13(12)10-16/h3-6,14H,2,7-11,16H2,1H3. The van der Waals surface area contributed by atoms with E-state index in [0.717, 1.165) is 17.5 Å². The Kier molecular flexibility index (Phi) is 4.93. The van der Waals surface area contributed by atoms with Crippen molar-refractivity contribution in [2.24, 2.45) is 5.73 Å². The number of amides is 1. The fourth-order valence-corrected chi connectivity index (χ4v) is 2.40. The highest BCUT2D eigenvalue weighted by atomic mass is 16.5. The molecule has 0 spiro atoms. The Morgan fingerprint density at radius 2 is 2.16 bits per heavy atom. The van der Waals surface area contributed by atoms with Crippen LogP contribution in [0.1, 0.15) is 24.5 Å². The van der Waals surface area contributed by atoms with E-state index >= 15 is 0 Å². The maximum Gasteiger partial charge on any atom is 0.227 e. The van der Waals surface area contributed by atoms with Crippen molar-refractivity contribution >= 4 is 5.91 Å². The number of carbonyl (C=O) groups is 1. The molecule has 1 aliphatic rings. The van der Waals surface area contributed by atoms with Crippen LogP contribution in [0.15, 0.2) is 24.3 Å². The van der Waals surface area contributed by atoms with Gasteiger partial charge < -0.3 is 15.4 Å². The number of hydrogen-bond acceptors (Lipinski definition) is 3. The van der Waals surface area contributed by atoms with Crippen LogP contribution in [0.5, 0.6) is 0 Å². The van der Waals surface area contributed by atoms with Gasteiger partial charge in [0, 0.05) is 19.6 Å². The molecular weight excluding hydrogens is 240 g/mol. The van der Waals surface area contributed by atoms with Gasteiger partial charge in [0.1, 0.15) is 0 Å². The summed E-state index contributed by atoms with van der Waals surface area (Å²) in [5.41, 5.74) is 7.79. The number of benzene rings is 1. The Hall–Kier alpha value is -1.39. The molecular formula is C15H22N2O2. The number of rotatable bonds is 4. The predicted octanol–water partition coefficient (Wildman–Crippen LogP) is 1.33. The van der Waals surface area contributed by atoms with Crippen molar-refractivity contribution < 1.29 is 9.53 Å². The molecule has 1 unspecified atom stereocenters. The zero-order chi connectivity index (χ0) is 13.7. The predicted molar refractivity (Wildman–Crippen MR) is 74.6 cm³/mol. The molecule has 1 fully saturated rings. The topological polar surface area (TPSA) is 55.6 Å². The molecule has 104 valence electrons. The van der Waals surface area contributed by atoms with Gasteiger partial charge in [-0.05, 0) is 17.5 Å². The largest absolute Gasteiger partial charge is 0.375 e. The summed E-state index contributed by atoms with van der Waals surface area (Å²) in [6.07, 6.45) is 1.56. The van der Waals surface area contributed by atoms with Gasteiger partial charge in [0.2, 0.25) is 5.91 Å². The molecule has 2 N–H and O–H groups in total. The van der Waals surface area contributed by atoms with Crippen LogP contribution in [0, 0.1) is 0 Å². The molecule has 1 aromatic carbocycles. The first-order valence-electron chi connectivity index (χ1n) is 6.90. The van der Waals surface area contributed by atoms with Crippen molar-refractivity contribution in [3.05, 3.63) is 35.4 Å². The second kappa shape index (κ2) is 6.68. The molecule has 0 aromatic heterocycles. The smallest absolute Gasteiger partial charge is 0.227 e. The van der Waals surface area contributed by atoms with Crippen molar-refractivity contribution in [3.8, 4) is 0 Å². The fraction of sp³-hybridized carbons (Fsp3) is 0.533. The van der Waals surface area contributed by atoms with E-state index in [2.05, 4.69) is 6.92 Å². The molecule has 4 nitrogen and oxygen atoms in total. The molecule has 1 atom stereocenters. The molecule has 0 radical (unpaired) electrons. The molecule has 2 rings (SSSR count). The van der Waals surface area contributed by atoms with Crippen LogP contribution in [0.3, 0.4) is 0 Å². The molecule has 0 bridgehead atoms. The first-order valence-corrected chi connectivity index (χ1v) is 6.90. The third-order valence-corrected chi connectivity index (χ3v) is 3.63. The number of morpholine rings is 1. The summed E-state index contributed by atoms with van der Waals surface area (Å²) < 4.78 is 5.59. The quantitative estimate of drug-likeness (QED) is 0.890. The SMILES string of the molecule is CCC1CN(C(=O)Cc2ccccc2CN)CCO1. The average molecular weight is 262 g/mol. The van der Waals surface area contributed by atoms with Crippen LogP contribution in [0.2, 0.25) is 0 Å². The molecule has 1 amide bonds. The van der Waals surface area contributed by atoms with Gasteiger partial charge in [0.05, 0.1) is 19.1 Å². The Morgan fingerprint density at radius 1 is 1.42 bits per heavy atom. The highest BCUT2D eigenvalue weighted by Crippen LogP contribution is 2.13. The van der Waals surface area contributed by atoms with E-state index in [1.54, 1.807) is 0 Å². The number of nitrogens with two attached hydrogens (primary N) is 1. The molecule has 4 heteroatoms. The lowest BCUT2D eigenvalue weighted by Crippen LogP contribution is -2.46. The van der Waals surface area contributed by atoms with Crippen LogP contribution in [-0.2, 0) is 22.5 Å². The lowest BCUT2D eigenvalue weighted by molar-refractivity contribution is -0.138. The summed E-state index contributed by atoms with van der Waals surface area (Å²) in [4.78, 5) is 14.2. The Morgan fingerprint density at radius 3 is 2.84 bits per heavy atom. The molecule has 0 aliphatic carbocycles. The van der Waals surface area contributed by atoms with Crippen LogP contribution in [0.4, 0.5) is 0 Å². The van der Waals surface area contributed by atoms with Crippen LogP contribution < -0.4 is 5.73 Å². The maximum atomic E-state index is 12.3. The fourth-order valence-electron chi connectivity index (χ4n) is 2.40. The van der Waals surface area contributed by atoms with Gasteiger partial charge in [-0.1, -0.05) is 31.2 Å². The minimum absolute atomic E-state index is 0.169. The molecule has 1 saturated heterocycles. The zero-order valence-electron chi connectivity index (χ0n) is 11.5. The van der Waals surface area contributed by atoms with E-state index in [0.29, 0.717) is 32.7 Å². The monoisotopic (exact) mass is 262 g/mol. The van der Waals surface area contributed by atoms with Gasteiger partial charge >= 0.3 is 0 Å². The van der Waals surface area contributed by atoms with E-state index in [9.17, 15) is 4.79 Å². The second-order valence-electron chi connectivity index (χ2n) is 4.89. The van der Waals surface area contributed by atoms with Crippen molar-refractivity contribution in [3.63, 3.8) is 0 Å². The highest BCUT2D eigenvalue weighted by Gasteiger charge is 2.23. The minimum Gasteiger partial charge on any atom is -0.375 e. The summed E-state index contributed by atoms with van der Waals surface area (Å²) in [6.45, 7) is 4.61. The Labute approximate surface area is 114 Å². The maximum absolute atomic E-state index is 12.3.